The molecule has 0 aliphatic heterocycles. The fourth-order valence-corrected chi connectivity index (χ4v) is 1.78. The third kappa shape index (κ3) is 3.54. The van der Waals surface area contributed by atoms with Crippen molar-refractivity contribution in [2.24, 2.45) is 0 Å². The highest BCUT2D eigenvalue weighted by Gasteiger charge is 2.24. The minimum absolute atomic E-state index is 0.148. The molecular weight excluding hydrogens is 238 g/mol. The largest absolute Gasteiger partial charge is 0.469 e. The summed E-state index contributed by atoms with van der Waals surface area (Å²) in [6.07, 6.45) is 0.841. The number of hydrogen-bond donors (Lipinski definition) is 1. The van der Waals surface area contributed by atoms with Crippen molar-refractivity contribution in [2.45, 2.75) is 32.3 Å². The molecule has 18 heavy (non-hydrogen) atoms. The van der Waals surface area contributed by atoms with Gasteiger partial charge in [-0.15, -0.1) is 0 Å². The minimum Gasteiger partial charge on any atom is -0.469 e. The molecule has 0 aliphatic carbocycles. The molecule has 1 atom stereocenters. The lowest BCUT2D eigenvalue weighted by molar-refractivity contribution is -0.141. The van der Waals surface area contributed by atoms with Crippen molar-refractivity contribution in [1.29, 1.82) is 0 Å². The Morgan fingerprint density at radius 2 is 2.22 bits per heavy atom. The van der Waals surface area contributed by atoms with Crippen LogP contribution in [0.4, 0.5) is 0 Å². The molecule has 0 spiro atoms. The van der Waals surface area contributed by atoms with Gasteiger partial charge in [-0.2, -0.15) is 0 Å². The van der Waals surface area contributed by atoms with Gasteiger partial charge in [0, 0.05) is 25.2 Å². The fourth-order valence-electron chi connectivity index (χ4n) is 1.78. The lowest BCUT2D eigenvalue weighted by Gasteiger charge is -2.12. The van der Waals surface area contributed by atoms with Crippen LogP contribution in [0.1, 0.15) is 35.8 Å². The van der Waals surface area contributed by atoms with Crippen LogP contribution in [0.15, 0.2) is 4.52 Å². The zero-order valence-corrected chi connectivity index (χ0v) is 10.9. The summed E-state index contributed by atoms with van der Waals surface area (Å²) >= 11 is 0. The second-order valence-corrected chi connectivity index (χ2v) is 4.04. The second kappa shape index (κ2) is 7.13. The summed E-state index contributed by atoms with van der Waals surface area (Å²) in [5.74, 6) is 0.157. The molecule has 1 rings (SSSR count). The summed E-state index contributed by atoms with van der Waals surface area (Å²) in [6, 6.07) is 0. The van der Waals surface area contributed by atoms with Crippen LogP contribution in [0.2, 0.25) is 0 Å². The van der Waals surface area contributed by atoms with Crippen LogP contribution in [0.25, 0.3) is 0 Å². The molecule has 0 fully saturated rings. The first-order chi connectivity index (χ1) is 8.63. The Morgan fingerprint density at radius 1 is 1.50 bits per heavy atom. The van der Waals surface area contributed by atoms with Crippen molar-refractivity contribution in [2.75, 3.05) is 20.8 Å². The SMILES string of the molecule is COCCC(CC(=O)OC)c1onc(CO)c1C. The van der Waals surface area contributed by atoms with E-state index < -0.39 is 0 Å². The highest BCUT2D eigenvalue weighted by molar-refractivity contribution is 5.70. The second-order valence-electron chi connectivity index (χ2n) is 4.04. The van der Waals surface area contributed by atoms with Gasteiger partial charge in [-0.25, -0.2) is 0 Å². The van der Waals surface area contributed by atoms with Gasteiger partial charge >= 0.3 is 5.97 Å². The van der Waals surface area contributed by atoms with E-state index in [0.717, 1.165) is 5.56 Å². The maximum Gasteiger partial charge on any atom is 0.306 e. The van der Waals surface area contributed by atoms with Gasteiger partial charge in [0.25, 0.3) is 0 Å². The van der Waals surface area contributed by atoms with Crippen molar-refractivity contribution in [3.8, 4) is 0 Å². The number of carbonyl (C=O) groups excluding carboxylic acids is 1. The number of aliphatic hydroxyl groups excluding tert-OH is 1. The predicted molar refractivity (Wildman–Crippen MR) is 63.0 cm³/mol. The number of hydrogen-bond acceptors (Lipinski definition) is 6. The zero-order chi connectivity index (χ0) is 13.5. The van der Waals surface area contributed by atoms with Crippen molar-refractivity contribution >= 4 is 5.97 Å². The number of nitrogens with zero attached hydrogens (tertiary/aromatic N) is 1. The van der Waals surface area contributed by atoms with Crippen molar-refractivity contribution < 1.29 is 23.9 Å². The Balaban J connectivity index is 2.86. The van der Waals surface area contributed by atoms with Crippen LogP contribution >= 0.6 is 0 Å². The number of ether oxygens (including phenoxy) is 2. The molecule has 6 heteroatoms. The van der Waals surface area contributed by atoms with E-state index in [1.807, 2.05) is 6.92 Å². The molecule has 1 N–H and O–H groups in total. The first-order valence-electron chi connectivity index (χ1n) is 5.75. The molecule has 1 aromatic rings. The molecular formula is C12H19NO5. The van der Waals surface area contributed by atoms with E-state index in [-0.39, 0.29) is 24.9 Å². The number of methoxy groups -OCH3 is 2. The van der Waals surface area contributed by atoms with E-state index >= 15 is 0 Å². The number of aliphatic hydroxyl groups is 1. The van der Waals surface area contributed by atoms with Gasteiger partial charge in [0.1, 0.15) is 11.5 Å². The maximum atomic E-state index is 11.4. The fraction of sp³-hybridized carbons (Fsp3) is 0.667. The van der Waals surface area contributed by atoms with Crippen LogP contribution in [0, 0.1) is 6.92 Å². The van der Waals surface area contributed by atoms with E-state index in [4.69, 9.17) is 14.4 Å². The lowest BCUT2D eigenvalue weighted by atomic mass is 9.95. The predicted octanol–water partition coefficient (Wildman–Crippen LogP) is 1.16. The molecule has 102 valence electrons. The summed E-state index contributed by atoms with van der Waals surface area (Å²) in [5, 5.41) is 12.9. The Labute approximate surface area is 106 Å². The molecule has 1 aromatic heterocycles. The molecule has 1 heterocycles. The molecule has 0 saturated carbocycles. The number of esters is 1. The van der Waals surface area contributed by atoms with Crippen LogP contribution < -0.4 is 0 Å². The smallest absolute Gasteiger partial charge is 0.306 e. The van der Waals surface area contributed by atoms with Gasteiger partial charge in [0.2, 0.25) is 0 Å². The number of aromatic nitrogens is 1. The average Bonchev–Trinajstić information content (AvgIpc) is 2.75. The van der Waals surface area contributed by atoms with Gasteiger partial charge in [-0.05, 0) is 13.3 Å². The molecule has 6 nitrogen and oxygen atoms in total. The topological polar surface area (TPSA) is 81.8 Å². The van der Waals surface area contributed by atoms with E-state index in [1.165, 1.54) is 7.11 Å². The van der Waals surface area contributed by atoms with Gasteiger partial charge in [-0.3, -0.25) is 4.79 Å². The van der Waals surface area contributed by atoms with Gasteiger partial charge in [-0.1, -0.05) is 5.16 Å². The van der Waals surface area contributed by atoms with E-state index in [2.05, 4.69) is 9.89 Å². The maximum absolute atomic E-state index is 11.4. The van der Waals surface area contributed by atoms with Crippen LogP contribution in [-0.4, -0.2) is 37.1 Å². The molecule has 1 unspecified atom stereocenters. The first kappa shape index (κ1) is 14.7. The summed E-state index contributed by atoms with van der Waals surface area (Å²) in [7, 11) is 2.95. The third-order valence-corrected chi connectivity index (χ3v) is 2.89. The summed E-state index contributed by atoms with van der Waals surface area (Å²) in [4.78, 5) is 11.4. The third-order valence-electron chi connectivity index (χ3n) is 2.89. The van der Waals surface area contributed by atoms with Gasteiger partial charge in [0.05, 0.1) is 20.1 Å². The highest BCUT2D eigenvalue weighted by Crippen LogP contribution is 2.28. The zero-order valence-electron chi connectivity index (χ0n) is 10.9. The van der Waals surface area contributed by atoms with E-state index in [0.29, 0.717) is 24.5 Å². The van der Waals surface area contributed by atoms with Crippen LogP contribution in [0.3, 0.4) is 0 Å². The Bertz CT molecular complexity index is 388. The summed E-state index contributed by atoms with van der Waals surface area (Å²) in [6.45, 7) is 2.15. The highest BCUT2D eigenvalue weighted by atomic mass is 16.5. The van der Waals surface area contributed by atoms with E-state index in [1.54, 1.807) is 7.11 Å². The summed E-state index contributed by atoms with van der Waals surface area (Å²) in [5.41, 5.74) is 1.28. The first-order valence-corrected chi connectivity index (χ1v) is 5.75. The lowest BCUT2D eigenvalue weighted by Crippen LogP contribution is -2.11. The van der Waals surface area contributed by atoms with Gasteiger partial charge in [0.15, 0.2) is 0 Å². The number of rotatable bonds is 7. The molecule has 0 aromatic carbocycles. The molecule has 0 aliphatic rings. The van der Waals surface area contributed by atoms with Crippen LogP contribution in [-0.2, 0) is 20.9 Å². The average molecular weight is 257 g/mol. The monoisotopic (exact) mass is 257 g/mol. The van der Waals surface area contributed by atoms with Crippen molar-refractivity contribution in [3.05, 3.63) is 17.0 Å². The van der Waals surface area contributed by atoms with Crippen molar-refractivity contribution in [3.63, 3.8) is 0 Å². The Morgan fingerprint density at radius 3 is 2.72 bits per heavy atom. The summed E-state index contributed by atoms with van der Waals surface area (Å²) < 4.78 is 14.9. The molecule has 0 bridgehead atoms. The Kier molecular flexibility index (Phi) is 5.80. The van der Waals surface area contributed by atoms with Gasteiger partial charge < -0.3 is 19.1 Å². The molecule has 0 saturated heterocycles. The molecule has 0 radical (unpaired) electrons. The quantitative estimate of drug-likeness (QED) is 0.738. The normalized spacial score (nSPS) is 12.4. The minimum atomic E-state index is -0.308. The van der Waals surface area contributed by atoms with E-state index in [9.17, 15) is 4.79 Å². The van der Waals surface area contributed by atoms with Crippen LogP contribution in [0.5, 0.6) is 0 Å². The molecule has 0 amide bonds. The van der Waals surface area contributed by atoms with Crippen molar-refractivity contribution in [1.82, 2.24) is 5.16 Å². The Hall–Kier alpha value is -1.40. The number of carbonyl (C=O) groups is 1. The standard InChI is InChI=1S/C12H19NO5/c1-8-10(7-14)13-18-12(8)9(4-5-16-2)6-11(15)17-3/h9,14H,4-7H2,1-3H3.